The van der Waals surface area contributed by atoms with Gasteiger partial charge in [0.2, 0.25) is 0 Å². The molecule has 1 N–H and O–H groups in total. The fourth-order valence-electron chi connectivity index (χ4n) is 2.28. The first-order valence-electron chi connectivity index (χ1n) is 8.64. The molecule has 29 heavy (non-hydrogen) atoms. The molecule has 0 bridgehead atoms. The lowest BCUT2D eigenvalue weighted by Gasteiger charge is -2.14. The number of halogens is 3. The molecular formula is C20H20F3NO5. The largest absolute Gasteiger partial charge is 0.493 e. The Bertz CT molecular complexity index is 837. The molecule has 1 unspecified atom stereocenters. The molecule has 0 saturated heterocycles. The van der Waals surface area contributed by atoms with Crippen LogP contribution in [0.3, 0.4) is 0 Å². The van der Waals surface area contributed by atoms with Crippen molar-refractivity contribution in [2.24, 2.45) is 0 Å². The molecule has 0 aliphatic rings. The zero-order valence-corrected chi connectivity index (χ0v) is 15.8. The average Bonchev–Trinajstić information content (AvgIpc) is 2.68. The van der Waals surface area contributed by atoms with Gasteiger partial charge >= 0.3 is 12.1 Å². The summed E-state index contributed by atoms with van der Waals surface area (Å²) in [5.41, 5.74) is -0.671. The Balaban J connectivity index is 1.79. The molecular weight excluding hydrogens is 391 g/mol. The molecule has 1 amide bonds. The molecule has 2 aromatic carbocycles. The van der Waals surface area contributed by atoms with Crippen molar-refractivity contribution in [1.29, 1.82) is 0 Å². The third-order valence-corrected chi connectivity index (χ3v) is 3.79. The van der Waals surface area contributed by atoms with Crippen molar-refractivity contribution >= 4 is 17.6 Å². The normalized spacial score (nSPS) is 12.0. The van der Waals surface area contributed by atoms with E-state index in [9.17, 15) is 22.8 Å². The molecule has 0 aromatic heterocycles. The van der Waals surface area contributed by atoms with E-state index >= 15 is 0 Å². The number of anilines is 1. The first-order chi connectivity index (χ1) is 13.7. The highest BCUT2D eigenvalue weighted by molar-refractivity contribution is 5.95. The van der Waals surface area contributed by atoms with Crippen LogP contribution in [0.2, 0.25) is 0 Å². The third-order valence-electron chi connectivity index (χ3n) is 3.79. The Morgan fingerprint density at radius 1 is 1.03 bits per heavy atom. The summed E-state index contributed by atoms with van der Waals surface area (Å²) in [6, 6.07) is 10.9. The van der Waals surface area contributed by atoms with Crippen molar-refractivity contribution in [3.05, 3.63) is 54.1 Å². The number of hydrogen-bond acceptors (Lipinski definition) is 5. The number of methoxy groups -OCH3 is 1. The van der Waals surface area contributed by atoms with Gasteiger partial charge in [0.1, 0.15) is 0 Å². The van der Waals surface area contributed by atoms with E-state index in [4.69, 9.17) is 14.2 Å². The average molecular weight is 411 g/mol. The fourth-order valence-corrected chi connectivity index (χ4v) is 2.28. The molecule has 6 nitrogen and oxygen atoms in total. The molecule has 0 saturated carbocycles. The number of nitrogens with one attached hydrogen (secondary N) is 1. The Hall–Kier alpha value is -3.23. The second kappa shape index (κ2) is 9.81. The molecule has 0 radical (unpaired) electrons. The zero-order valence-electron chi connectivity index (χ0n) is 15.8. The zero-order chi connectivity index (χ0) is 21.4. The molecule has 0 heterocycles. The van der Waals surface area contributed by atoms with Gasteiger partial charge in [-0.25, -0.2) is 0 Å². The quantitative estimate of drug-likeness (QED) is 0.664. The fraction of sp³-hybridized carbons (Fsp3) is 0.300. The van der Waals surface area contributed by atoms with Crippen molar-refractivity contribution in [1.82, 2.24) is 0 Å². The van der Waals surface area contributed by atoms with Crippen molar-refractivity contribution in [3.63, 3.8) is 0 Å². The number of carbonyl (C=O) groups is 2. The van der Waals surface area contributed by atoms with E-state index in [0.29, 0.717) is 11.5 Å². The maximum atomic E-state index is 12.5. The summed E-state index contributed by atoms with van der Waals surface area (Å²) in [6.45, 7) is 1.38. The molecule has 0 aliphatic carbocycles. The minimum atomic E-state index is -4.46. The minimum Gasteiger partial charge on any atom is -0.493 e. The van der Waals surface area contributed by atoms with E-state index in [-0.39, 0.29) is 18.7 Å². The van der Waals surface area contributed by atoms with Gasteiger partial charge in [-0.05, 0) is 43.3 Å². The summed E-state index contributed by atoms with van der Waals surface area (Å²) < 4.78 is 53.2. The summed E-state index contributed by atoms with van der Waals surface area (Å²) in [5.74, 6) is -0.334. The van der Waals surface area contributed by atoms with Gasteiger partial charge in [-0.1, -0.05) is 12.1 Å². The van der Waals surface area contributed by atoms with Gasteiger partial charge in [0.25, 0.3) is 5.91 Å². The molecule has 0 spiro atoms. The van der Waals surface area contributed by atoms with Crippen LogP contribution >= 0.6 is 0 Å². The Morgan fingerprint density at radius 3 is 2.24 bits per heavy atom. The predicted molar refractivity (Wildman–Crippen MR) is 98.7 cm³/mol. The Kier molecular flexibility index (Phi) is 7.46. The Morgan fingerprint density at radius 2 is 1.66 bits per heavy atom. The van der Waals surface area contributed by atoms with Gasteiger partial charge < -0.3 is 19.5 Å². The van der Waals surface area contributed by atoms with Crippen LogP contribution in [0.5, 0.6) is 11.5 Å². The molecule has 0 fully saturated rings. The van der Waals surface area contributed by atoms with Crippen LogP contribution < -0.4 is 14.8 Å². The molecule has 2 aromatic rings. The van der Waals surface area contributed by atoms with Gasteiger partial charge in [0.05, 0.1) is 25.7 Å². The highest BCUT2D eigenvalue weighted by atomic mass is 19.4. The van der Waals surface area contributed by atoms with Gasteiger partial charge in [-0.15, -0.1) is 0 Å². The van der Waals surface area contributed by atoms with Crippen LogP contribution in [-0.4, -0.2) is 31.7 Å². The number of esters is 1. The third kappa shape index (κ3) is 6.70. The predicted octanol–water partition coefficient (Wildman–Crippen LogP) is 4.05. The van der Waals surface area contributed by atoms with E-state index in [2.05, 4.69) is 5.32 Å². The number of para-hydroxylation sites is 2. The van der Waals surface area contributed by atoms with Gasteiger partial charge in [0.15, 0.2) is 17.6 Å². The lowest BCUT2D eigenvalue weighted by molar-refractivity contribution is -0.153. The first-order valence-corrected chi connectivity index (χ1v) is 8.64. The highest BCUT2D eigenvalue weighted by Gasteiger charge is 2.30. The van der Waals surface area contributed by atoms with E-state index in [0.717, 1.165) is 24.3 Å². The standard InChI is InChI=1S/C20H20F3NO5/c1-13(19(26)24-15-9-7-14(8-10-15)20(21,22)23)29-18(25)11-12-28-17-6-4-3-5-16(17)27-2/h3-10,13H,11-12H2,1-2H3,(H,24,26). The summed E-state index contributed by atoms with van der Waals surface area (Å²) in [6.07, 6.45) is -5.69. The lowest BCUT2D eigenvalue weighted by Crippen LogP contribution is -2.30. The second-order valence-corrected chi connectivity index (χ2v) is 5.95. The summed E-state index contributed by atoms with van der Waals surface area (Å²) in [4.78, 5) is 23.9. The second-order valence-electron chi connectivity index (χ2n) is 5.95. The van der Waals surface area contributed by atoms with Gasteiger partial charge in [-0.2, -0.15) is 13.2 Å². The topological polar surface area (TPSA) is 73.9 Å². The number of hydrogen-bond donors (Lipinski definition) is 1. The Labute approximate surface area is 165 Å². The van der Waals surface area contributed by atoms with Crippen LogP contribution in [0.25, 0.3) is 0 Å². The number of alkyl halides is 3. The summed E-state index contributed by atoms with van der Waals surface area (Å²) in [5, 5.41) is 2.39. The van der Waals surface area contributed by atoms with Crippen molar-refractivity contribution in [2.75, 3.05) is 19.0 Å². The van der Waals surface area contributed by atoms with Crippen LogP contribution in [0.4, 0.5) is 18.9 Å². The van der Waals surface area contributed by atoms with Crippen LogP contribution in [0.1, 0.15) is 18.9 Å². The van der Waals surface area contributed by atoms with E-state index in [1.54, 1.807) is 24.3 Å². The molecule has 2 rings (SSSR count). The highest BCUT2D eigenvalue weighted by Crippen LogP contribution is 2.30. The maximum Gasteiger partial charge on any atom is 0.416 e. The van der Waals surface area contributed by atoms with Gasteiger partial charge in [0, 0.05) is 5.69 Å². The minimum absolute atomic E-state index is 0.0203. The van der Waals surface area contributed by atoms with E-state index in [1.165, 1.54) is 14.0 Å². The van der Waals surface area contributed by atoms with E-state index in [1.807, 2.05) is 0 Å². The van der Waals surface area contributed by atoms with E-state index < -0.39 is 29.7 Å². The number of ether oxygens (including phenoxy) is 3. The van der Waals surface area contributed by atoms with Gasteiger partial charge in [-0.3, -0.25) is 9.59 Å². The molecule has 0 aliphatic heterocycles. The smallest absolute Gasteiger partial charge is 0.416 e. The molecule has 9 heteroatoms. The van der Waals surface area contributed by atoms with Crippen LogP contribution in [0.15, 0.2) is 48.5 Å². The monoisotopic (exact) mass is 411 g/mol. The lowest BCUT2D eigenvalue weighted by atomic mass is 10.2. The number of rotatable bonds is 8. The van der Waals surface area contributed by atoms with Crippen molar-refractivity contribution in [2.45, 2.75) is 25.6 Å². The van der Waals surface area contributed by atoms with Crippen LogP contribution in [0, 0.1) is 0 Å². The molecule has 1 atom stereocenters. The number of benzene rings is 2. The van der Waals surface area contributed by atoms with Crippen molar-refractivity contribution < 1.29 is 37.0 Å². The summed E-state index contributed by atoms with van der Waals surface area (Å²) >= 11 is 0. The SMILES string of the molecule is COc1ccccc1OCCC(=O)OC(C)C(=O)Nc1ccc(C(F)(F)F)cc1. The first kappa shape index (κ1) is 22.1. The molecule has 156 valence electrons. The van der Waals surface area contributed by atoms with Crippen LogP contribution in [-0.2, 0) is 20.5 Å². The number of carbonyl (C=O) groups excluding carboxylic acids is 2. The summed E-state index contributed by atoms with van der Waals surface area (Å²) in [7, 11) is 1.49. The van der Waals surface area contributed by atoms with Crippen molar-refractivity contribution in [3.8, 4) is 11.5 Å². The number of amides is 1. The maximum absolute atomic E-state index is 12.5.